The molecule has 0 unspecified atom stereocenters. The molecule has 0 atom stereocenters. The van der Waals surface area contributed by atoms with Crippen LogP contribution in [0.3, 0.4) is 0 Å². The average Bonchev–Trinajstić information content (AvgIpc) is 3.24. The summed E-state index contributed by atoms with van der Waals surface area (Å²) in [6, 6.07) is 18.8. The maximum absolute atomic E-state index is 13.6. The SMILES string of the molecule is Cc1ccc(C(=O)c2oc3cc4c(cc3c2-c2ccc(OCC(=O)N(C)C)cc2)CCCO4)cc1. The monoisotopic (exact) mass is 469 g/mol. The highest BCUT2D eigenvalue weighted by atomic mass is 16.5. The van der Waals surface area contributed by atoms with Crippen LogP contribution in [0.5, 0.6) is 11.5 Å². The number of rotatable bonds is 6. The van der Waals surface area contributed by atoms with Gasteiger partial charge in [-0.05, 0) is 49.1 Å². The number of ether oxygens (including phenoxy) is 2. The zero-order valence-corrected chi connectivity index (χ0v) is 20.1. The van der Waals surface area contributed by atoms with Crippen LogP contribution in [0.1, 0.15) is 33.7 Å². The second-order valence-electron chi connectivity index (χ2n) is 9.01. The Morgan fingerprint density at radius 1 is 1.00 bits per heavy atom. The molecule has 6 heteroatoms. The molecule has 0 saturated heterocycles. The standard InChI is InChI=1S/C29H27NO5/c1-18-6-8-20(9-7-18)28(32)29-27(19-10-12-22(13-11-19)34-17-26(31)30(2)3)23-15-21-5-4-14-33-24(21)16-25(23)35-29/h6-13,15-16H,4-5,14,17H2,1-3H3. The molecule has 0 aliphatic carbocycles. The van der Waals surface area contributed by atoms with Crippen molar-refractivity contribution in [3.05, 3.63) is 83.1 Å². The molecule has 0 fully saturated rings. The second-order valence-corrected chi connectivity index (χ2v) is 9.01. The predicted molar refractivity (Wildman–Crippen MR) is 134 cm³/mol. The van der Waals surface area contributed by atoms with Gasteiger partial charge in [-0.15, -0.1) is 0 Å². The van der Waals surface area contributed by atoms with E-state index < -0.39 is 0 Å². The first kappa shape index (κ1) is 22.7. The van der Waals surface area contributed by atoms with Gasteiger partial charge in [0.1, 0.15) is 17.1 Å². The molecule has 0 N–H and O–H groups in total. The number of likely N-dealkylation sites (N-methyl/N-ethyl adjacent to an activating group) is 1. The van der Waals surface area contributed by atoms with Gasteiger partial charge in [-0.25, -0.2) is 0 Å². The fraction of sp³-hybridized carbons (Fsp3) is 0.241. The van der Waals surface area contributed by atoms with Gasteiger partial charge in [-0.1, -0.05) is 42.0 Å². The summed E-state index contributed by atoms with van der Waals surface area (Å²) in [5, 5.41) is 0.876. The Labute approximate surface area is 204 Å². The van der Waals surface area contributed by atoms with Crippen LogP contribution in [0.4, 0.5) is 0 Å². The van der Waals surface area contributed by atoms with Crippen LogP contribution in [0.15, 0.2) is 65.1 Å². The average molecular weight is 470 g/mol. The van der Waals surface area contributed by atoms with Crippen molar-refractivity contribution in [3.8, 4) is 22.6 Å². The molecule has 1 aliphatic heterocycles. The number of fused-ring (bicyclic) bond motifs is 2. The lowest BCUT2D eigenvalue weighted by atomic mass is 9.95. The fourth-order valence-electron chi connectivity index (χ4n) is 4.22. The van der Waals surface area contributed by atoms with E-state index in [-0.39, 0.29) is 18.3 Å². The van der Waals surface area contributed by atoms with E-state index in [9.17, 15) is 9.59 Å². The van der Waals surface area contributed by atoms with Gasteiger partial charge >= 0.3 is 0 Å². The summed E-state index contributed by atoms with van der Waals surface area (Å²) in [6.07, 6.45) is 1.88. The molecular weight excluding hydrogens is 442 g/mol. The molecule has 178 valence electrons. The lowest BCUT2D eigenvalue weighted by Gasteiger charge is -2.16. The maximum Gasteiger partial charge on any atom is 0.259 e. The predicted octanol–water partition coefficient (Wildman–Crippen LogP) is 5.43. The minimum Gasteiger partial charge on any atom is -0.493 e. The molecule has 0 bridgehead atoms. The Hall–Kier alpha value is -4.06. The van der Waals surface area contributed by atoms with Gasteiger partial charge in [-0.2, -0.15) is 0 Å². The van der Waals surface area contributed by atoms with E-state index in [2.05, 4.69) is 6.07 Å². The van der Waals surface area contributed by atoms with Crippen LogP contribution in [-0.4, -0.2) is 43.9 Å². The smallest absolute Gasteiger partial charge is 0.259 e. The van der Waals surface area contributed by atoms with Crippen molar-refractivity contribution in [1.82, 2.24) is 4.90 Å². The van der Waals surface area contributed by atoms with Crippen molar-refractivity contribution in [3.63, 3.8) is 0 Å². The zero-order chi connectivity index (χ0) is 24.5. The Balaban J connectivity index is 1.58. The first-order valence-corrected chi connectivity index (χ1v) is 11.7. The van der Waals surface area contributed by atoms with E-state index in [0.717, 1.165) is 46.2 Å². The van der Waals surface area contributed by atoms with Gasteiger partial charge in [0.2, 0.25) is 5.78 Å². The molecule has 1 amide bonds. The molecule has 35 heavy (non-hydrogen) atoms. The Kier molecular flexibility index (Phi) is 6.03. The van der Waals surface area contributed by atoms with Crippen molar-refractivity contribution >= 4 is 22.7 Å². The largest absolute Gasteiger partial charge is 0.493 e. The minimum atomic E-state index is -0.174. The van der Waals surface area contributed by atoms with Crippen molar-refractivity contribution in [1.29, 1.82) is 0 Å². The zero-order valence-electron chi connectivity index (χ0n) is 20.1. The summed E-state index contributed by atoms with van der Waals surface area (Å²) in [6.45, 7) is 2.63. The Bertz CT molecular complexity index is 1400. The number of ketones is 1. The molecule has 5 rings (SSSR count). The molecule has 3 aromatic carbocycles. The molecule has 1 aliphatic rings. The normalized spacial score (nSPS) is 12.7. The first-order chi connectivity index (χ1) is 16.9. The van der Waals surface area contributed by atoms with E-state index in [1.54, 1.807) is 26.2 Å². The Morgan fingerprint density at radius 3 is 2.46 bits per heavy atom. The molecule has 0 radical (unpaired) electrons. The molecule has 1 aromatic heterocycles. The van der Waals surface area contributed by atoms with Gasteiger partial charge in [0.05, 0.1) is 6.61 Å². The number of carbonyl (C=O) groups is 2. The third-order valence-electron chi connectivity index (χ3n) is 6.24. The maximum atomic E-state index is 13.6. The van der Waals surface area contributed by atoms with Crippen molar-refractivity contribution in [2.24, 2.45) is 0 Å². The van der Waals surface area contributed by atoms with Gasteiger partial charge < -0.3 is 18.8 Å². The number of furan rings is 1. The molecule has 4 aromatic rings. The number of aryl methyl sites for hydroxylation is 2. The molecular formula is C29H27NO5. The Morgan fingerprint density at radius 2 is 1.74 bits per heavy atom. The van der Waals surface area contributed by atoms with Crippen LogP contribution >= 0.6 is 0 Å². The van der Waals surface area contributed by atoms with E-state index in [4.69, 9.17) is 13.9 Å². The number of amides is 1. The summed E-state index contributed by atoms with van der Waals surface area (Å²) >= 11 is 0. The summed E-state index contributed by atoms with van der Waals surface area (Å²) in [7, 11) is 3.38. The summed E-state index contributed by atoms with van der Waals surface area (Å²) < 4.78 is 17.6. The number of benzene rings is 3. The van der Waals surface area contributed by atoms with E-state index in [1.807, 2.05) is 49.4 Å². The highest BCUT2D eigenvalue weighted by Gasteiger charge is 2.25. The van der Waals surface area contributed by atoms with Crippen LogP contribution in [0.2, 0.25) is 0 Å². The second kappa shape index (κ2) is 9.29. The summed E-state index contributed by atoms with van der Waals surface area (Å²) in [5.74, 6) is 1.39. The molecule has 0 saturated carbocycles. The number of nitrogens with zero attached hydrogens (tertiary/aromatic N) is 1. The van der Waals surface area contributed by atoms with Crippen molar-refractivity contribution in [2.75, 3.05) is 27.3 Å². The number of carbonyl (C=O) groups excluding carboxylic acids is 2. The van der Waals surface area contributed by atoms with Gasteiger partial charge in [-0.3, -0.25) is 9.59 Å². The van der Waals surface area contributed by atoms with Gasteiger partial charge in [0, 0.05) is 36.7 Å². The summed E-state index contributed by atoms with van der Waals surface area (Å²) in [4.78, 5) is 26.9. The van der Waals surface area contributed by atoms with Crippen molar-refractivity contribution < 1.29 is 23.5 Å². The molecule has 6 nitrogen and oxygen atoms in total. The highest BCUT2D eigenvalue weighted by Crippen LogP contribution is 2.40. The third-order valence-corrected chi connectivity index (χ3v) is 6.24. The van der Waals surface area contributed by atoms with Crippen LogP contribution < -0.4 is 9.47 Å². The summed E-state index contributed by atoms with van der Waals surface area (Å²) in [5.41, 5.74) is 4.96. The topological polar surface area (TPSA) is 69.0 Å². The van der Waals surface area contributed by atoms with Crippen LogP contribution in [0.25, 0.3) is 22.1 Å². The number of hydrogen-bond acceptors (Lipinski definition) is 5. The van der Waals surface area contributed by atoms with E-state index in [0.29, 0.717) is 29.3 Å². The highest BCUT2D eigenvalue weighted by molar-refractivity contribution is 6.15. The van der Waals surface area contributed by atoms with Gasteiger partial charge in [0.25, 0.3) is 5.91 Å². The lowest BCUT2D eigenvalue weighted by Crippen LogP contribution is -2.27. The minimum absolute atomic E-state index is 0.0374. The van der Waals surface area contributed by atoms with Crippen LogP contribution in [-0.2, 0) is 11.2 Å². The fourth-order valence-corrected chi connectivity index (χ4v) is 4.22. The molecule has 0 spiro atoms. The third kappa shape index (κ3) is 4.52. The van der Waals surface area contributed by atoms with Gasteiger partial charge in [0.15, 0.2) is 12.4 Å². The number of hydrogen-bond donors (Lipinski definition) is 0. The first-order valence-electron chi connectivity index (χ1n) is 11.7. The van der Waals surface area contributed by atoms with E-state index in [1.165, 1.54) is 4.90 Å². The molecule has 2 heterocycles. The quantitative estimate of drug-likeness (QED) is 0.352. The van der Waals surface area contributed by atoms with Crippen molar-refractivity contribution in [2.45, 2.75) is 19.8 Å². The lowest BCUT2D eigenvalue weighted by molar-refractivity contribution is -0.130. The van der Waals surface area contributed by atoms with Crippen LogP contribution in [0, 0.1) is 6.92 Å². The van der Waals surface area contributed by atoms with E-state index >= 15 is 0 Å².